The first-order valence-corrected chi connectivity index (χ1v) is 14.3. The fraction of sp³-hybridized carbons (Fsp3) is 0.321. The smallest absolute Gasteiger partial charge is 0.252 e. The molecule has 3 atom stereocenters. The van der Waals surface area contributed by atoms with Crippen molar-refractivity contribution >= 4 is 16.0 Å². The largest absolute Gasteiger partial charge is 0.267 e. The van der Waals surface area contributed by atoms with E-state index in [9.17, 15) is 21.6 Å². The molecule has 1 aromatic carbocycles. The van der Waals surface area contributed by atoms with Crippen molar-refractivity contribution < 1.29 is 21.6 Å². The second-order valence-corrected chi connectivity index (χ2v) is 12.7. The van der Waals surface area contributed by atoms with Crippen molar-refractivity contribution in [3.8, 4) is 22.5 Å². The highest BCUT2D eigenvalue weighted by atomic mass is 32.2. The van der Waals surface area contributed by atoms with Crippen LogP contribution in [0.5, 0.6) is 0 Å². The molecule has 2 bridgehead atoms. The Morgan fingerprint density at radius 3 is 2.35 bits per heavy atom. The summed E-state index contributed by atoms with van der Waals surface area (Å²) in [4.78, 5) is 13.0. The summed E-state index contributed by atoms with van der Waals surface area (Å²) in [7, 11) is -4.23. The van der Waals surface area contributed by atoms with Gasteiger partial charge >= 0.3 is 0 Å². The Bertz CT molecular complexity index is 1730. The molecule has 40 heavy (non-hydrogen) atoms. The molecule has 1 unspecified atom stereocenters. The third-order valence-corrected chi connectivity index (χ3v) is 9.72. The van der Waals surface area contributed by atoms with Gasteiger partial charge in [0.1, 0.15) is 11.6 Å². The summed E-state index contributed by atoms with van der Waals surface area (Å²) in [6, 6.07) is 11.1. The third kappa shape index (κ3) is 3.80. The molecule has 0 amide bonds. The van der Waals surface area contributed by atoms with Crippen LogP contribution in [0.25, 0.3) is 22.5 Å². The normalized spacial score (nSPS) is 21.7. The van der Waals surface area contributed by atoms with Crippen molar-refractivity contribution in [2.75, 3.05) is 4.72 Å². The van der Waals surface area contributed by atoms with E-state index in [1.54, 1.807) is 12.1 Å². The molecule has 0 aliphatic heterocycles. The zero-order chi connectivity index (χ0) is 28.4. The molecule has 0 radical (unpaired) electrons. The van der Waals surface area contributed by atoms with E-state index in [1.165, 1.54) is 30.6 Å². The predicted octanol–water partition coefficient (Wildman–Crippen LogP) is 5.53. The summed E-state index contributed by atoms with van der Waals surface area (Å²) in [6.45, 7) is 5.21. The van der Waals surface area contributed by atoms with Crippen LogP contribution in [0.15, 0.2) is 54.9 Å². The monoisotopic (exact) mass is 566 g/mol. The second-order valence-electron chi connectivity index (χ2n) is 10.7. The fourth-order valence-electron chi connectivity index (χ4n) is 6.31. The Hall–Kier alpha value is -3.93. The molecule has 1 N–H and O–H groups in total. The van der Waals surface area contributed by atoms with Crippen LogP contribution in [0.1, 0.15) is 56.5 Å². The van der Waals surface area contributed by atoms with Crippen LogP contribution in [0.3, 0.4) is 0 Å². The average molecular weight is 567 g/mol. The molecule has 6 rings (SSSR count). The van der Waals surface area contributed by atoms with Gasteiger partial charge in [-0.05, 0) is 67.0 Å². The molecule has 1 saturated carbocycles. The minimum atomic E-state index is -4.23. The number of aromatic nitrogens is 5. The minimum absolute atomic E-state index is 0.0885. The molecule has 12 heteroatoms. The number of rotatable bonds is 6. The zero-order valence-electron chi connectivity index (χ0n) is 21.9. The van der Waals surface area contributed by atoms with Gasteiger partial charge in [-0.25, -0.2) is 36.3 Å². The Morgan fingerprint density at radius 1 is 1.00 bits per heavy atom. The van der Waals surface area contributed by atoms with E-state index in [2.05, 4.69) is 34.0 Å². The molecule has 2 aliphatic carbocycles. The maximum Gasteiger partial charge on any atom is 0.267 e. The first-order chi connectivity index (χ1) is 19.0. The van der Waals surface area contributed by atoms with Gasteiger partial charge in [0.25, 0.3) is 10.0 Å². The number of sulfonamides is 1. The van der Waals surface area contributed by atoms with Crippen LogP contribution in [0.2, 0.25) is 0 Å². The van der Waals surface area contributed by atoms with Gasteiger partial charge in [-0.2, -0.15) is 5.10 Å². The van der Waals surface area contributed by atoms with Crippen LogP contribution in [-0.4, -0.2) is 39.1 Å². The van der Waals surface area contributed by atoms with Gasteiger partial charge in [0.15, 0.2) is 0 Å². The van der Waals surface area contributed by atoms with Crippen molar-refractivity contribution in [1.29, 1.82) is 0 Å². The van der Waals surface area contributed by atoms with Gasteiger partial charge in [-0.3, -0.25) is 4.98 Å². The van der Waals surface area contributed by atoms with E-state index in [1.807, 2.05) is 16.9 Å². The number of anilines is 1. The minimum Gasteiger partial charge on any atom is -0.252 e. The first-order valence-electron chi connectivity index (χ1n) is 12.7. The van der Waals surface area contributed by atoms with Crippen molar-refractivity contribution in [2.24, 2.45) is 5.41 Å². The number of hydrogen-bond donors (Lipinski definition) is 1. The number of fused-ring (bicyclic) bond motifs is 5. The maximum absolute atomic E-state index is 14.5. The predicted molar refractivity (Wildman–Crippen MR) is 142 cm³/mol. The van der Waals surface area contributed by atoms with Crippen LogP contribution in [0.4, 0.5) is 19.1 Å². The average Bonchev–Trinajstić information content (AvgIpc) is 3.30. The van der Waals surface area contributed by atoms with E-state index in [0.717, 1.165) is 36.7 Å². The zero-order valence-corrected chi connectivity index (χ0v) is 22.7. The molecule has 3 heterocycles. The lowest BCUT2D eigenvalue weighted by Crippen LogP contribution is -2.37. The third-order valence-electron chi connectivity index (χ3n) is 8.40. The molecular weight excluding hydrogens is 541 g/mol. The standard InChI is InChI=1S/C28H25F3N6O2S/c1-15(29)40(38,39)37-26-32-13-16(14-33-26)21-8-5-9-23(34-21)28-11-10-18(27(28,2)3)17-12-22(35-36-25(17)28)24-19(30)6-4-7-20(24)31/h4-9,12-15,18H,10-11H2,1-3H3,(H,32,33,37)/t15?,18-,28-/m0/s1. The molecule has 0 spiro atoms. The molecule has 3 aromatic heterocycles. The number of benzene rings is 1. The topological polar surface area (TPSA) is 111 Å². The number of alkyl halides is 1. The lowest BCUT2D eigenvalue weighted by Gasteiger charge is -2.37. The number of nitrogens with one attached hydrogen (secondary N) is 1. The van der Waals surface area contributed by atoms with Crippen molar-refractivity contribution in [3.05, 3.63) is 83.4 Å². The summed E-state index contributed by atoms with van der Waals surface area (Å²) >= 11 is 0. The van der Waals surface area contributed by atoms with Crippen molar-refractivity contribution in [3.63, 3.8) is 0 Å². The molecule has 206 valence electrons. The number of pyridine rings is 1. The highest BCUT2D eigenvalue weighted by Gasteiger charge is 2.65. The Balaban J connectivity index is 1.40. The van der Waals surface area contributed by atoms with Crippen molar-refractivity contribution in [1.82, 2.24) is 25.1 Å². The van der Waals surface area contributed by atoms with E-state index >= 15 is 0 Å². The van der Waals surface area contributed by atoms with E-state index in [4.69, 9.17) is 4.98 Å². The summed E-state index contributed by atoms with van der Waals surface area (Å²) < 4.78 is 68.0. The van der Waals surface area contributed by atoms with Gasteiger partial charge in [0, 0.05) is 18.0 Å². The molecule has 2 aliphatic rings. The summed E-state index contributed by atoms with van der Waals surface area (Å²) in [5, 5.41) is 8.83. The van der Waals surface area contributed by atoms with Crippen LogP contribution < -0.4 is 4.72 Å². The second kappa shape index (κ2) is 9.05. The Morgan fingerprint density at radius 2 is 1.68 bits per heavy atom. The highest BCUT2D eigenvalue weighted by Crippen LogP contribution is 2.69. The van der Waals surface area contributed by atoms with E-state index < -0.39 is 32.6 Å². The Labute approximate surface area is 229 Å². The quantitative estimate of drug-likeness (QED) is 0.327. The fourth-order valence-corrected chi connectivity index (χ4v) is 6.83. The van der Waals surface area contributed by atoms with Gasteiger partial charge < -0.3 is 0 Å². The highest BCUT2D eigenvalue weighted by molar-refractivity contribution is 7.93. The number of hydrogen-bond acceptors (Lipinski definition) is 7. The van der Waals surface area contributed by atoms with E-state index in [-0.39, 0.29) is 28.5 Å². The molecule has 0 saturated heterocycles. The maximum atomic E-state index is 14.5. The van der Waals surface area contributed by atoms with Crippen LogP contribution >= 0.6 is 0 Å². The summed E-state index contributed by atoms with van der Waals surface area (Å²) in [5.74, 6) is -1.54. The van der Waals surface area contributed by atoms with Gasteiger partial charge in [0.2, 0.25) is 11.5 Å². The lowest BCUT2D eigenvalue weighted by atomic mass is 9.66. The first kappa shape index (κ1) is 26.3. The summed E-state index contributed by atoms with van der Waals surface area (Å²) in [5.41, 5.74) is 0.474. The van der Waals surface area contributed by atoms with Crippen LogP contribution in [-0.2, 0) is 15.4 Å². The number of nitrogens with zero attached hydrogens (tertiary/aromatic N) is 5. The number of halogens is 3. The SMILES string of the molecule is CC(F)S(=O)(=O)Nc1ncc(-c2cccc([C@@]34CC[C@@H](c5cc(-c6c(F)cccc6F)nnc53)C4(C)C)n2)cn1. The Kier molecular flexibility index (Phi) is 5.95. The van der Waals surface area contributed by atoms with Gasteiger partial charge in [-0.1, -0.05) is 26.0 Å². The van der Waals surface area contributed by atoms with Crippen LogP contribution in [0, 0.1) is 17.0 Å². The molecule has 8 nitrogen and oxygen atoms in total. The van der Waals surface area contributed by atoms with Gasteiger partial charge in [-0.15, -0.1) is 5.10 Å². The molecule has 4 aromatic rings. The molecular formula is C28H25F3N6O2S. The lowest BCUT2D eigenvalue weighted by molar-refractivity contribution is 0.243. The molecule has 1 fully saturated rings. The van der Waals surface area contributed by atoms with Gasteiger partial charge in [0.05, 0.1) is 33.8 Å². The van der Waals surface area contributed by atoms with Crippen molar-refractivity contribution in [2.45, 2.75) is 50.4 Å². The van der Waals surface area contributed by atoms with E-state index in [0.29, 0.717) is 11.3 Å². The summed E-state index contributed by atoms with van der Waals surface area (Å²) in [6.07, 6.45) is 4.45.